The highest BCUT2D eigenvalue weighted by Gasteiger charge is 2.17. The van der Waals surface area contributed by atoms with E-state index < -0.39 is 12.0 Å². The molecule has 0 spiro atoms. The normalized spacial score (nSPS) is 11.9. The van der Waals surface area contributed by atoms with E-state index in [1.54, 1.807) is 6.07 Å². The van der Waals surface area contributed by atoms with E-state index in [1.165, 1.54) is 30.8 Å². The number of amides is 1. The molecule has 0 aromatic heterocycles. The van der Waals surface area contributed by atoms with E-state index in [1.807, 2.05) is 0 Å². The lowest BCUT2D eigenvalue weighted by Crippen LogP contribution is -2.39. The minimum atomic E-state index is -1.07. The van der Waals surface area contributed by atoms with Gasteiger partial charge in [0.05, 0.1) is 0 Å². The van der Waals surface area contributed by atoms with Crippen LogP contribution in [0.15, 0.2) is 18.2 Å². The smallest absolute Gasteiger partial charge is 0.326 e. The van der Waals surface area contributed by atoms with E-state index in [4.69, 9.17) is 16.7 Å². The molecule has 0 saturated heterocycles. The second-order valence-corrected chi connectivity index (χ2v) is 5.71. The van der Waals surface area contributed by atoms with E-state index in [2.05, 4.69) is 5.32 Å². The van der Waals surface area contributed by atoms with Crippen molar-refractivity contribution in [2.45, 2.75) is 25.1 Å². The first-order valence-corrected chi connectivity index (χ1v) is 7.45. The first kappa shape index (κ1) is 16.8. The topological polar surface area (TPSA) is 66.4 Å². The number of rotatable bonds is 7. The van der Waals surface area contributed by atoms with Crippen LogP contribution in [-0.4, -0.2) is 28.8 Å². The Morgan fingerprint density at radius 3 is 2.80 bits per heavy atom. The fourth-order valence-electron chi connectivity index (χ4n) is 1.54. The number of benzene rings is 1. The van der Waals surface area contributed by atoms with Gasteiger partial charge in [-0.15, -0.1) is 0 Å². The minimum absolute atomic E-state index is 0.280. The van der Waals surface area contributed by atoms with Gasteiger partial charge < -0.3 is 10.4 Å². The molecule has 2 N–H and O–H groups in total. The van der Waals surface area contributed by atoms with E-state index in [0.29, 0.717) is 22.1 Å². The summed E-state index contributed by atoms with van der Waals surface area (Å²) in [6.07, 6.45) is 0.280. The average molecular weight is 320 g/mol. The van der Waals surface area contributed by atoms with Gasteiger partial charge in [-0.25, -0.2) is 9.18 Å². The van der Waals surface area contributed by atoms with Crippen molar-refractivity contribution in [2.75, 3.05) is 5.75 Å². The summed E-state index contributed by atoms with van der Waals surface area (Å²) in [6, 6.07) is 3.41. The minimum Gasteiger partial charge on any atom is -0.480 e. The lowest BCUT2D eigenvalue weighted by atomic mass is 10.2. The van der Waals surface area contributed by atoms with E-state index in [9.17, 15) is 14.0 Å². The summed E-state index contributed by atoms with van der Waals surface area (Å²) in [5.74, 6) is -0.904. The van der Waals surface area contributed by atoms with Crippen LogP contribution in [0.5, 0.6) is 0 Å². The molecule has 1 aromatic rings. The summed E-state index contributed by atoms with van der Waals surface area (Å²) in [5.41, 5.74) is 0.480. The maximum absolute atomic E-state index is 13.4. The van der Waals surface area contributed by atoms with Gasteiger partial charge in [0.15, 0.2) is 0 Å². The fourth-order valence-corrected chi connectivity index (χ4v) is 2.72. The van der Waals surface area contributed by atoms with Crippen molar-refractivity contribution in [3.8, 4) is 0 Å². The molecule has 1 rings (SSSR count). The van der Waals surface area contributed by atoms with Crippen LogP contribution in [0.1, 0.15) is 18.9 Å². The molecule has 4 nitrogen and oxygen atoms in total. The maximum atomic E-state index is 13.4. The molecule has 1 aromatic carbocycles. The zero-order valence-corrected chi connectivity index (χ0v) is 12.4. The van der Waals surface area contributed by atoms with Crippen LogP contribution in [0.2, 0.25) is 5.02 Å². The number of carboxylic acids is 1. The van der Waals surface area contributed by atoms with E-state index in [-0.39, 0.29) is 18.1 Å². The number of carboxylic acid groups (broad SMARTS) is 1. The van der Waals surface area contributed by atoms with Gasteiger partial charge in [0.1, 0.15) is 11.9 Å². The van der Waals surface area contributed by atoms with Crippen molar-refractivity contribution >= 4 is 35.2 Å². The third-order valence-corrected chi connectivity index (χ3v) is 3.77. The summed E-state index contributed by atoms with van der Waals surface area (Å²) in [5, 5.41) is 11.7. The van der Waals surface area contributed by atoms with Crippen LogP contribution in [0.4, 0.5) is 4.39 Å². The summed E-state index contributed by atoms with van der Waals surface area (Å²) >= 11 is 7.17. The highest BCUT2D eigenvalue weighted by Crippen LogP contribution is 2.20. The second-order valence-electron chi connectivity index (χ2n) is 4.17. The molecule has 0 aliphatic rings. The molecule has 1 unspecified atom stereocenters. The lowest BCUT2D eigenvalue weighted by Gasteiger charge is -2.12. The first-order chi connectivity index (χ1) is 9.40. The SMILES string of the molecule is CC(=O)NC(CCSCc1cc(Cl)ccc1F)C(=O)O. The molecule has 1 amide bonds. The average Bonchev–Trinajstić information content (AvgIpc) is 2.36. The Kier molecular flexibility index (Phi) is 6.81. The van der Waals surface area contributed by atoms with Crippen molar-refractivity contribution in [2.24, 2.45) is 0 Å². The summed E-state index contributed by atoms with van der Waals surface area (Å²) in [6.45, 7) is 1.27. The number of nitrogens with one attached hydrogen (secondary N) is 1. The highest BCUT2D eigenvalue weighted by molar-refractivity contribution is 7.98. The van der Waals surface area contributed by atoms with Crippen LogP contribution in [0.3, 0.4) is 0 Å². The Balaban J connectivity index is 2.42. The van der Waals surface area contributed by atoms with Crippen molar-refractivity contribution in [1.29, 1.82) is 0 Å². The van der Waals surface area contributed by atoms with Crippen molar-refractivity contribution in [3.05, 3.63) is 34.6 Å². The lowest BCUT2D eigenvalue weighted by molar-refractivity contribution is -0.141. The molecule has 0 bridgehead atoms. The third kappa shape index (κ3) is 5.79. The second kappa shape index (κ2) is 8.11. The fraction of sp³-hybridized carbons (Fsp3) is 0.385. The van der Waals surface area contributed by atoms with Crippen LogP contribution >= 0.6 is 23.4 Å². The van der Waals surface area contributed by atoms with E-state index in [0.717, 1.165) is 0 Å². The van der Waals surface area contributed by atoms with Gasteiger partial charge in [-0.1, -0.05) is 11.6 Å². The quantitative estimate of drug-likeness (QED) is 0.758. The zero-order valence-electron chi connectivity index (χ0n) is 10.9. The summed E-state index contributed by atoms with van der Waals surface area (Å²) in [4.78, 5) is 21.7. The van der Waals surface area contributed by atoms with Gasteiger partial charge in [0, 0.05) is 17.7 Å². The Labute approximate surface area is 125 Å². The molecule has 110 valence electrons. The molecule has 20 heavy (non-hydrogen) atoms. The number of hydrogen-bond donors (Lipinski definition) is 2. The number of halogens is 2. The monoisotopic (exact) mass is 319 g/mol. The standard InChI is InChI=1S/C13H15ClFNO3S/c1-8(17)16-12(13(18)19)4-5-20-7-9-6-10(14)2-3-11(9)15/h2-3,6,12H,4-5,7H2,1H3,(H,16,17)(H,18,19). The van der Waals surface area contributed by atoms with Crippen molar-refractivity contribution < 1.29 is 19.1 Å². The molecule has 0 aliphatic carbocycles. The summed E-state index contributed by atoms with van der Waals surface area (Å²) < 4.78 is 13.4. The Hall–Kier alpha value is -1.27. The summed E-state index contributed by atoms with van der Waals surface area (Å²) in [7, 11) is 0. The van der Waals surface area contributed by atoms with Gasteiger partial charge in [0.2, 0.25) is 5.91 Å². The predicted molar refractivity (Wildman–Crippen MR) is 77.4 cm³/mol. The zero-order chi connectivity index (χ0) is 15.1. The molecular formula is C13H15ClFNO3S. The molecule has 0 saturated carbocycles. The van der Waals surface area contributed by atoms with Crippen LogP contribution < -0.4 is 5.32 Å². The first-order valence-electron chi connectivity index (χ1n) is 5.91. The van der Waals surface area contributed by atoms with Crippen molar-refractivity contribution in [1.82, 2.24) is 5.32 Å². The van der Waals surface area contributed by atoms with Crippen LogP contribution in [-0.2, 0) is 15.3 Å². The van der Waals surface area contributed by atoms with Gasteiger partial charge in [-0.2, -0.15) is 11.8 Å². The molecule has 0 aliphatic heterocycles. The molecule has 0 heterocycles. The number of thioether (sulfide) groups is 1. The third-order valence-electron chi connectivity index (χ3n) is 2.49. The molecule has 0 radical (unpaired) electrons. The van der Waals surface area contributed by atoms with Crippen LogP contribution in [0, 0.1) is 5.82 Å². The molecular weight excluding hydrogens is 305 g/mol. The van der Waals surface area contributed by atoms with Gasteiger partial charge in [-0.05, 0) is 35.9 Å². The van der Waals surface area contributed by atoms with Gasteiger partial charge >= 0.3 is 5.97 Å². The number of carbonyl (C=O) groups is 2. The Bertz CT molecular complexity index is 499. The largest absolute Gasteiger partial charge is 0.480 e. The molecule has 1 atom stereocenters. The number of carbonyl (C=O) groups excluding carboxylic acids is 1. The number of aliphatic carboxylic acids is 1. The Morgan fingerprint density at radius 2 is 2.20 bits per heavy atom. The van der Waals surface area contributed by atoms with Crippen LogP contribution in [0.25, 0.3) is 0 Å². The van der Waals surface area contributed by atoms with E-state index >= 15 is 0 Å². The maximum Gasteiger partial charge on any atom is 0.326 e. The molecule has 7 heteroatoms. The highest BCUT2D eigenvalue weighted by atomic mass is 35.5. The Morgan fingerprint density at radius 1 is 1.50 bits per heavy atom. The van der Waals surface area contributed by atoms with Gasteiger partial charge in [-0.3, -0.25) is 4.79 Å². The van der Waals surface area contributed by atoms with Gasteiger partial charge in [0.25, 0.3) is 0 Å². The molecule has 0 fully saturated rings. The van der Waals surface area contributed by atoms with Crippen molar-refractivity contribution in [3.63, 3.8) is 0 Å². The predicted octanol–water partition coefficient (Wildman–Crippen LogP) is 2.69. The number of hydrogen-bond acceptors (Lipinski definition) is 3.